The molecule has 3 rings (SSSR count). The number of aromatic nitrogens is 1. The number of H-pyrrole nitrogens is 1. The second-order valence-electron chi connectivity index (χ2n) is 5.05. The van der Waals surface area contributed by atoms with Crippen LogP contribution in [0.5, 0.6) is 0 Å². The van der Waals surface area contributed by atoms with E-state index in [2.05, 4.69) is 4.98 Å². The van der Waals surface area contributed by atoms with Crippen molar-refractivity contribution in [2.45, 2.75) is 18.4 Å². The Morgan fingerprint density at radius 2 is 1.87 bits per heavy atom. The van der Waals surface area contributed by atoms with Crippen molar-refractivity contribution in [1.82, 2.24) is 4.98 Å². The number of carboxylic acid groups (broad SMARTS) is 1. The molecule has 0 radical (unpaired) electrons. The maximum atomic E-state index is 10.9. The molecule has 9 heteroatoms. The summed E-state index contributed by atoms with van der Waals surface area (Å²) in [5.41, 5.74) is 5.02. The lowest BCUT2D eigenvalue weighted by molar-refractivity contribution is -0.384. The quantitative estimate of drug-likeness (QED) is 0.643. The van der Waals surface area contributed by atoms with E-state index in [1.807, 2.05) is 0 Å². The van der Waals surface area contributed by atoms with Crippen LogP contribution in [0.3, 0.4) is 0 Å². The first-order chi connectivity index (χ1) is 10.8. The third kappa shape index (κ3) is 3.82. The number of rotatable bonds is 3. The van der Waals surface area contributed by atoms with Crippen molar-refractivity contribution in [3.05, 3.63) is 50.8 Å². The summed E-state index contributed by atoms with van der Waals surface area (Å²) in [6, 6.07) is 4.73. The number of carbonyl (C=O) groups is 1. The van der Waals surface area contributed by atoms with Crippen molar-refractivity contribution < 1.29 is 14.8 Å². The van der Waals surface area contributed by atoms with Gasteiger partial charge in [0.15, 0.2) is 0 Å². The van der Waals surface area contributed by atoms with Crippen molar-refractivity contribution >= 4 is 34.9 Å². The van der Waals surface area contributed by atoms with Gasteiger partial charge in [-0.15, -0.1) is 0 Å². The van der Waals surface area contributed by atoms with E-state index in [0.29, 0.717) is 29.0 Å². The van der Waals surface area contributed by atoms with Crippen molar-refractivity contribution in [2.24, 2.45) is 5.73 Å². The topological polar surface area (TPSA) is 125 Å². The van der Waals surface area contributed by atoms with Crippen LogP contribution >= 0.6 is 23.2 Å². The van der Waals surface area contributed by atoms with Gasteiger partial charge in [0.1, 0.15) is 5.02 Å². The van der Waals surface area contributed by atoms with Gasteiger partial charge in [0.2, 0.25) is 0 Å². The number of hydrogen-bond acceptors (Lipinski definition) is 5. The lowest BCUT2D eigenvalue weighted by atomic mass is 10.1. The lowest BCUT2D eigenvalue weighted by Gasteiger charge is -2.06. The van der Waals surface area contributed by atoms with Gasteiger partial charge >= 0.3 is 0 Å². The summed E-state index contributed by atoms with van der Waals surface area (Å²) in [4.78, 5) is 23.0. The molecule has 1 aromatic carbocycles. The zero-order valence-electron chi connectivity index (χ0n) is 11.7. The van der Waals surface area contributed by atoms with E-state index in [-0.39, 0.29) is 10.7 Å². The Balaban J connectivity index is 0.000000229. The van der Waals surface area contributed by atoms with Crippen LogP contribution in [-0.2, 0) is 4.79 Å². The summed E-state index contributed by atoms with van der Waals surface area (Å²) < 4.78 is 0. The number of halogens is 2. The largest absolute Gasteiger partial charge is 0.548 e. The van der Waals surface area contributed by atoms with Gasteiger partial charge < -0.3 is 20.6 Å². The Morgan fingerprint density at radius 1 is 1.22 bits per heavy atom. The Bertz CT molecular complexity index is 756. The van der Waals surface area contributed by atoms with E-state index in [0.717, 1.165) is 0 Å². The van der Waals surface area contributed by atoms with E-state index >= 15 is 0 Å². The van der Waals surface area contributed by atoms with Gasteiger partial charge in [0.05, 0.1) is 27.0 Å². The maximum absolute atomic E-state index is 10.9. The molecule has 0 amide bonds. The fourth-order valence-electron chi connectivity index (χ4n) is 1.81. The second-order valence-corrected chi connectivity index (χ2v) is 5.87. The van der Waals surface area contributed by atoms with Crippen LogP contribution in [0.1, 0.15) is 12.8 Å². The number of benzene rings is 1. The van der Waals surface area contributed by atoms with Crippen molar-refractivity contribution in [2.75, 3.05) is 0 Å². The Labute approximate surface area is 141 Å². The summed E-state index contributed by atoms with van der Waals surface area (Å²) in [7, 11) is 0. The molecule has 1 aliphatic rings. The number of nitro benzene ring substituents is 1. The van der Waals surface area contributed by atoms with E-state index in [9.17, 15) is 20.0 Å². The number of aromatic amines is 1. The first-order valence-electron chi connectivity index (χ1n) is 6.52. The zero-order chi connectivity index (χ0) is 17.2. The molecule has 0 bridgehead atoms. The summed E-state index contributed by atoms with van der Waals surface area (Å²) in [6.45, 7) is 0. The average Bonchev–Trinajstić information content (AvgIpc) is 3.09. The second kappa shape index (κ2) is 6.57. The molecule has 2 aromatic rings. The SMILES string of the molecule is NC1(C(=O)[O-])CC1.O=[N+]([O-])c1c(Cl)cccc1-c1c[nH]cc1Cl. The van der Waals surface area contributed by atoms with Crippen LogP contribution in [-0.4, -0.2) is 21.4 Å². The number of para-hydroxylation sites is 1. The van der Waals surface area contributed by atoms with Gasteiger partial charge in [-0.05, 0) is 25.0 Å². The molecule has 0 aliphatic heterocycles. The highest BCUT2D eigenvalue weighted by Gasteiger charge is 2.39. The van der Waals surface area contributed by atoms with Crippen molar-refractivity contribution in [3.63, 3.8) is 0 Å². The highest BCUT2D eigenvalue weighted by Crippen LogP contribution is 2.38. The monoisotopic (exact) mass is 356 g/mol. The van der Waals surface area contributed by atoms with Gasteiger partial charge in [0.25, 0.3) is 5.69 Å². The van der Waals surface area contributed by atoms with Crippen LogP contribution in [0.25, 0.3) is 11.1 Å². The number of nitrogens with zero attached hydrogens (tertiary/aromatic N) is 1. The van der Waals surface area contributed by atoms with E-state index in [4.69, 9.17) is 28.9 Å². The van der Waals surface area contributed by atoms with Crippen LogP contribution < -0.4 is 10.8 Å². The smallest absolute Gasteiger partial charge is 0.295 e. The van der Waals surface area contributed by atoms with Crippen LogP contribution in [0.15, 0.2) is 30.6 Å². The van der Waals surface area contributed by atoms with Crippen LogP contribution in [0.4, 0.5) is 5.69 Å². The first-order valence-corrected chi connectivity index (χ1v) is 7.28. The Kier molecular flexibility index (Phi) is 4.93. The highest BCUT2D eigenvalue weighted by molar-refractivity contribution is 6.35. The molecule has 1 aromatic heterocycles. The van der Waals surface area contributed by atoms with Gasteiger partial charge in [-0.25, -0.2) is 0 Å². The zero-order valence-corrected chi connectivity index (χ0v) is 13.2. The first kappa shape index (κ1) is 17.3. The van der Waals surface area contributed by atoms with E-state index in [1.165, 1.54) is 6.07 Å². The molecule has 0 spiro atoms. The predicted molar refractivity (Wildman–Crippen MR) is 84.1 cm³/mol. The third-order valence-electron chi connectivity index (χ3n) is 3.35. The number of aliphatic carboxylic acids is 1. The molecule has 1 heterocycles. The van der Waals surface area contributed by atoms with Gasteiger partial charge in [0, 0.05) is 18.0 Å². The molecule has 1 aliphatic carbocycles. The summed E-state index contributed by atoms with van der Waals surface area (Å²) >= 11 is 11.7. The standard InChI is InChI=1S/C10H6Cl2N2O2.C4H7NO2/c11-8-3-1-2-6(10(8)14(15)16)7-4-13-5-9(7)12;5-4(1-2-4)3(6)7/h1-5,13H;1-2,5H2,(H,6,7)/p-1. The minimum absolute atomic E-state index is 0.0970. The molecule has 0 saturated heterocycles. The average molecular weight is 357 g/mol. The molecule has 0 atom stereocenters. The summed E-state index contributed by atoms with van der Waals surface area (Å²) in [5.74, 6) is -1.12. The molecule has 3 N–H and O–H groups in total. The van der Waals surface area contributed by atoms with Gasteiger partial charge in [-0.2, -0.15) is 0 Å². The number of nitro groups is 1. The third-order valence-corrected chi connectivity index (χ3v) is 3.97. The highest BCUT2D eigenvalue weighted by atomic mass is 35.5. The molecular formula is C14H12Cl2N3O4-. The number of carbonyl (C=O) groups excluding carboxylic acids is 1. The lowest BCUT2D eigenvalue weighted by Crippen LogP contribution is -2.43. The normalized spacial score (nSPS) is 14.6. The maximum Gasteiger partial charge on any atom is 0.295 e. The Hall–Kier alpha value is -2.09. The number of nitrogens with two attached hydrogens (primary N) is 1. The van der Waals surface area contributed by atoms with E-state index in [1.54, 1.807) is 24.5 Å². The van der Waals surface area contributed by atoms with Crippen LogP contribution in [0.2, 0.25) is 10.0 Å². The number of hydrogen-bond donors (Lipinski definition) is 2. The molecule has 122 valence electrons. The molecule has 1 saturated carbocycles. The van der Waals surface area contributed by atoms with Crippen LogP contribution in [0, 0.1) is 10.1 Å². The molecule has 0 unspecified atom stereocenters. The molecule has 7 nitrogen and oxygen atoms in total. The minimum atomic E-state index is -1.12. The number of nitrogens with one attached hydrogen (secondary N) is 1. The van der Waals surface area contributed by atoms with Crippen molar-refractivity contribution in [3.8, 4) is 11.1 Å². The Morgan fingerprint density at radius 3 is 2.26 bits per heavy atom. The molecule has 23 heavy (non-hydrogen) atoms. The fraction of sp³-hybridized carbons (Fsp3) is 0.214. The van der Waals surface area contributed by atoms with E-state index < -0.39 is 16.4 Å². The number of carboxylic acids is 1. The van der Waals surface area contributed by atoms with Crippen molar-refractivity contribution in [1.29, 1.82) is 0 Å². The van der Waals surface area contributed by atoms with Gasteiger partial charge in [-0.1, -0.05) is 29.3 Å². The fourth-order valence-corrected chi connectivity index (χ4v) is 2.27. The molecule has 1 fully saturated rings. The summed E-state index contributed by atoms with van der Waals surface area (Å²) in [6.07, 6.45) is 4.31. The molecular weight excluding hydrogens is 345 g/mol. The summed E-state index contributed by atoms with van der Waals surface area (Å²) in [5, 5.41) is 21.3. The minimum Gasteiger partial charge on any atom is -0.548 e. The predicted octanol–water partition coefficient (Wildman–Crippen LogP) is 2.12. The van der Waals surface area contributed by atoms with Gasteiger partial charge in [-0.3, -0.25) is 10.1 Å².